The summed E-state index contributed by atoms with van der Waals surface area (Å²) in [4.78, 5) is 39.3. The molecule has 7 heteroatoms. The Morgan fingerprint density at radius 3 is 2.95 bits per heavy atom. The highest BCUT2D eigenvalue weighted by atomic mass is 16.5. The Labute approximate surface area is 128 Å². The Bertz CT molecular complexity index is 634. The molecule has 2 heterocycles. The van der Waals surface area contributed by atoms with Crippen molar-refractivity contribution < 1.29 is 9.53 Å². The molecule has 1 saturated heterocycles. The van der Waals surface area contributed by atoms with Crippen molar-refractivity contribution in [2.24, 2.45) is 5.92 Å². The van der Waals surface area contributed by atoms with Crippen LogP contribution in [0.5, 0.6) is 0 Å². The number of H-pyrrole nitrogens is 1. The molecule has 1 aromatic heterocycles. The van der Waals surface area contributed by atoms with E-state index in [0.29, 0.717) is 31.2 Å². The first-order chi connectivity index (χ1) is 10.5. The lowest BCUT2D eigenvalue weighted by Gasteiger charge is -2.17. The topological polar surface area (TPSA) is 84.4 Å². The molecule has 0 radical (unpaired) electrons. The Morgan fingerprint density at radius 2 is 2.23 bits per heavy atom. The van der Waals surface area contributed by atoms with Gasteiger partial charge in [0.25, 0.3) is 5.56 Å². The fourth-order valence-corrected chi connectivity index (χ4v) is 2.57. The van der Waals surface area contributed by atoms with Gasteiger partial charge in [0.2, 0.25) is 5.91 Å². The molecule has 1 amide bonds. The van der Waals surface area contributed by atoms with Crippen LogP contribution in [-0.2, 0) is 16.1 Å². The molecular weight excluding hydrogens is 286 g/mol. The molecule has 122 valence electrons. The number of likely N-dealkylation sites (tertiary alicyclic amines) is 1. The molecule has 1 aromatic rings. The van der Waals surface area contributed by atoms with Gasteiger partial charge in [-0.2, -0.15) is 0 Å². The number of carbonyl (C=O) groups excluding carboxylic acids is 1. The van der Waals surface area contributed by atoms with Gasteiger partial charge in [0.1, 0.15) is 6.54 Å². The summed E-state index contributed by atoms with van der Waals surface area (Å²) in [6, 6.07) is 0. The lowest BCUT2D eigenvalue weighted by Crippen LogP contribution is -2.38. The summed E-state index contributed by atoms with van der Waals surface area (Å²) in [5, 5.41) is 0. The van der Waals surface area contributed by atoms with Crippen LogP contribution in [0, 0.1) is 12.8 Å². The average Bonchev–Trinajstić information content (AvgIpc) is 2.94. The van der Waals surface area contributed by atoms with Crippen LogP contribution < -0.4 is 11.2 Å². The van der Waals surface area contributed by atoms with Gasteiger partial charge in [0.15, 0.2) is 0 Å². The number of aryl methyl sites for hydroxylation is 1. The van der Waals surface area contributed by atoms with Gasteiger partial charge < -0.3 is 9.64 Å². The van der Waals surface area contributed by atoms with Gasteiger partial charge in [-0.05, 0) is 19.8 Å². The number of nitrogens with one attached hydrogen (secondary N) is 1. The van der Waals surface area contributed by atoms with Crippen LogP contribution in [-0.4, -0.2) is 46.7 Å². The van der Waals surface area contributed by atoms with Gasteiger partial charge >= 0.3 is 5.69 Å². The summed E-state index contributed by atoms with van der Waals surface area (Å²) in [5.74, 6) is 0.260. The number of rotatable bonds is 6. The van der Waals surface area contributed by atoms with Crippen LogP contribution in [0.2, 0.25) is 0 Å². The largest absolute Gasteiger partial charge is 0.381 e. The van der Waals surface area contributed by atoms with Crippen LogP contribution >= 0.6 is 0 Å². The SMILES string of the molecule is CCCOCC1CCN(C(=O)Cn2cc(C)c(=O)[nH]c2=O)C1. The van der Waals surface area contributed by atoms with Gasteiger partial charge in [0.05, 0.1) is 6.61 Å². The first kappa shape index (κ1) is 16.5. The first-order valence-corrected chi connectivity index (χ1v) is 7.67. The van der Waals surface area contributed by atoms with Gasteiger partial charge in [-0.1, -0.05) is 6.92 Å². The fourth-order valence-electron chi connectivity index (χ4n) is 2.57. The van der Waals surface area contributed by atoms with Crippen LogP contribution in [0.25, 0.3) is 0 Å². The van der Waals surface area contributed by atoms with E-state index >= 15 is 0 Å². The fraction of sp³-hybridized carbons (Fsp3) is 0.667. The predicted molar refractivity (Wildman–Crippen MR) is 81.9 cm³/mol. The van der Waals surface area contributed by atoms with Crippen molar-refractivity contribution in [3.05, 3.63) is 32.6 Å². The molecule has 22 heavy (non-hydrogen) atoms. The van der Waals surface area contributed by atoms with Gasteiger partial charge in [-0.3, -0.25) is 19.1 Å². The van der Waals surface area contributed by atoms with E-state index in [-0.39, 0.29) is 12.5 Å². The molecule has 2 rings (SSSR count). The smallest absolute Gasteiger partial charge is 0.328 e. The zero-order valence-corrected chi connectivity index (χ0v) is 13.1. The standard InChI is InChI=1S/C15H23N3O4/c1-3-6-22-10-12-4-5-17(8-12)13(19)9-18-7-11(2)14(20)16-15(18)21/h7,12H,3-6,8-10H2,1-2H3,(H,16,20,21). The zero-order valence-electron chi connectivity index (χ0n) is 13.1. The third-order valence-electron chi connectivity index (χ3n) is 3.84. The third kappa shape index (κ3) is 4.07. The van der Waals surface area contributed by atoms with E-state index < -0.39 is 11.2 Å². The molecule has 1 atom stereocenters. The predicted octanol–water partition coefficient (Wildman–Crippen LogP) is 0.120. The van der Waals surface area contributed by atoms with Crippen LogP contribution in [0.1, 0.15) is 25.3 Å². The molecular formula is C15H23N3O4. The van der Waals surface area contributed by atoms with E-state index in [1.807, 2.05) is 0 Å². The van der Waals surface area contributed by atoms with E-state index in [9.17, 15) is 14.4 Å². The maximum atomic E-state index is 12.3. The van der Waals surface area contributed by atoms with Gasteiger partial charge in [-0.25, -0.2) is 4.79 Å². The Kier molecular flexibility index (Phi) is 5.54. The number of aromatic amines is 1. The molecule has 1 fully saturated rings. The maximum Gasteiger partial charge on any atom is 0.328 e. The molecule has 0 saturated carbocycles. The Balaban J connectivity index is 1.92. The molecule has 1 unspecified atom stereocenters. The van der Waals surface area contributed by atoms with Gasteiger partial charge in [-0.15, -0.1) is 0 Å². The second-order valence-electron chi connectivity index (χ2n) is 5.77. The number of aromatic nitrogens is 2. The maximum absolute atomic E-state index is 12.3. The minimum absolute atomic E-state index is 0.0427. The number of carbonyl (C=O) groups is 1. The highest BCUT2D eigenvalue weighted by Gasteiger charge is 2.26. The molecule has 1 N–H and O–H groups in total. The monoisotopic (exact) mass is 309 g/mol. The summed E-state index contributed by atoms with van der Waals surface area (Å²) >= 11 is 0. The van der Waals surface area contributed by atoms with Crippen molar-refractivity contribution in [2.75, 3.05) is 26.3 Å². The van der Waals surface area contributed by atoms with E-state index in [1.54, 1.807) is 11.8 Å². The van der Waals surface area contributed by atoms with Crippen molar-refractivity contribution >= 4 is 5.91 Å². The number of hydrogen-bond donors (Lipinski definition) is 1. The minimum atomic E-state index is -0.550. The molecule has 0 aliphatic carbocycles. The van der Waals surface area contributed by atoms with E-state index in [0.717, 1.165) is 19.4 Å². The minimum Gasteiger partial charge on any atom is -0.381 e. The molecule has 0 aromatic carbocycles. The molecule has 0 bridgehead atoms. The van der Waals surface area contributed by atoms with Crippen molar-refractivity contribution in [3.8, 4) is 0 Å². The summed E-state index contributed by atoms with van der Waals surface area (Å²) < 4.78 is 6.78. The molecule has 0 spiro atoms. The van der Waals surface area contributed by atoms with E-state index in [2.05, 4.69) is 11.9 Å². The van der Waals surface area contributed by atoms with Crippen LogP contribution in [0.3, 0.4) is 0 Å². The third-order valence-corrected chi connectivity index (χ3v) is 3.84. The normalized spacial score (nSPS) is 17.9. The quantitative estimate of drug-likeness (QED) is 0.757. The van der Waals surface area contributed by atoms with E-state index in [1.165, 1.54) is 10.8 Å². The molecule has 7 nitrogen and oxygen atoms in total. The number of amides is 1. The van der Waals surface area contributed by atoms with Crippen molar-refractivity contribution in [1.82, 2.24) is 14.5 Å². The Morgan fingerprint density at radius 1 is 1.45 bits per heavy atom. The summed E-state index contributed by atoms with van der Waals surface area (Å²) in [5.41, 5.74) is -0.548. The summed E-state index contributed by atoms with van der Waals surface area (Å²) in [6.07, 6.45) is 3.34. The highest BCUT2D eigenvalue weighted by Crippen LogP contribution is 2.17. The van der Waals surface area contributed by atoms with Crippen molar-refractivity contribution in [2.45, 2.75) is 33.2 Å². The summed E-state index contributed by atoms with van der Waals surface area (Å²) in [7, 11) is 0. The van der Waals surface area contributed by atoms with Crippen molar-refractivity contribution in [3.63, 3.8) is 0 Å². The average molecular weight is 309 g/mol. The summed E-state index contributed by atoms with van der Waals surface area (Å²) in [6.45, 7) is 6.41. The van der Waals surface area contributed by atoms with E-state index in [4.69, 9.17) is 4.74 Å². The highest BCUT2D eigenvalue weighted by molar-refractivity contribution is 5.76. The molecule has 1 aliphatic rings. The number of nitrogens with zero attached hydrogens (tertiary/aromatic N) is 2. The van der Waals surface area contributed by atoms with Gasteiger partial charge in [0, 0.05) is 37.4 Å². The lowest BCUT2D eigenvalue weighted by molar-refractivity contribution is -0.131. The van der Waals surface area contributed by atoms with Crippen LogP contribution in [0.4, 0.5) is 0 Å². The van der Waals surface area contributed by atoms with Crippen molar-refractivity contribution in [1.29, 1.82) is 0 Å². The Hall–Kier alpha value is -1.89. The number of ether oxygens (including phenoxy) is 1. The van der Waals surface area contributed by atoms with Crippen LogP contribution in [0.15, 0.2) is 15.8 Å². The lowest BCUT2D eigenvalue weighted by atomic mass is 10.1. The zero-order chi connectivity index (χ0) is 16.1. The first-order valence-electron chi connectivity index (χ1n) is 7.67. The number of hydrogen-bond acceptors (Lipinski definition) is 4. The second-order valence-corrected chi connectivity index (χ2v) is 5.77. The molecule has 1 aliphatic heterocycles. The second kappa shape index (κ2) is 7.40.